The highest BCUT2D eigenvalue weighted by Crippen LogP contribution is 2.18. The van der Waals surface area contributed by atoms with E-state index in [0.717, 1.165) is 17.0 Å². The number of amides is 1. The summed E-state index contributed by atoms with van der Waals surface area (Å²) >= 11 is 0. The first kappa shape index (κ1) is 16.6. The molecule has 3 rings (SSSR count). The molecule has 1 N–H and O–H groups in total. The van der Waals surface area contributed by atoms with Crippen LogP contribution in [0.1, 0.15) is 5.76 Å². The minimum absolute atomic E-state index is 0.0774. The highest BCUT2D eigenvalue weighted by molar-refractivity contribution is 5.77. The maximum Gasteiger partial charge on any atom is 0.258 e. The number of carbonyl (C=O) groups excluding carboxylic acids is 1. The quantitative estimate of drug-likeness (QED) is 0.717. The minimum atomic E-state index is -0.242. The van der Waals surface area contributed by atoms with E-state index in [1.54, 1.807) is 37.4 Å². The molecule has 0 aliphatic heterocycles. The summed E-state index contributed by atoms with van der Waals surface area (Å²) < 4.78 is 15.7. The molecule has 2 aromatic carbocycles. The van der Waals surface area contributed by atoms with Crippen LogP contribution in [0.2, 0.25) is 0 Å². The summed E-state index contributed by atoms with van der Waals surface area (Å²) in [6.07, 6.45) is 0. The molecule has 6 nitrogen and oxygen atoms in total. The first-order chi connectivity index (χ1) is 12.2. The average molecular weight is 338 g/mol. The number of methoxy groups -OCH3 is 1. The van der Waals surface area contributed by atoms with Crippen LogP contribution in [0.4, 0.5) is 0 Å². The Morgan fingerprint density at radius 2 is 1.80 bits per heavy atom. The fraction of sp³-hybridized carbons (Fsp3) is 0.158. The van der Waals surface area contributed by atoms with Crippen LogP contribution in [0.3, 0.4) is 0 Å². The first-order valence-corrected chi connectivity index (χ1v) is 7.79. The Balaban J connectivity index is 1.46. The van der Waals surface area contributed by atoms with Crippen molar-refractivity contribution in [2.45, 2.75) is 6.54 Å². The fourth-order valence-corrected chi connectivity index (χ4v) is 2.20. The molecule has 0 saturated heterocycles. The SMILES string of the molecule is COc1ccc(OCC(=O)NCc2cc(-c3ccccc3)no2)cc1. The van der Waals surface area contributed by atoms with Crippen molar-refractivity contribution < 1.29 is 18.8 Å². The molecular weight excluding hydrogens is 320 g/mol. The lowest BCUT2D eigenvalue weighted by molar-refractivity contribution is -0.123. The summed E-state index contributed by atoms with van der Waals surface area (Å²) in [5.74, 6) is 1.67. The standard InChI is InChI=1S/C19H18N2O4/c1-23-15-7-9-16(10-8-15)24-13-19(22)20-12-17-11-18(21-25-17)14-5-3-2-4-6-14/h2-11H,12-13H2,1H3,(H,20,22). The Hall–Kier alpha value is -3.28. The highest BCUT2D eigenvalue weighted by atomic mass is 16.5. The molecule has 1 amide bonds. The van der Waals surface area contributed by atoms with Gasteiger partial charge >= 0.3 is 0 Å². The minimum Gasteiger partial charge on any atom is -0.497 e. The lowest BCUT2D eigenvalue weighted by Crippen LogP contribution is -2.28. The largest absolute Gasteiger partial charge is 0.497 e. The zero-order chi connectivity index (χ0) is 17.5. The molecule has 1 aromatic heterocycles. The predicted molar refractivity (Wildman–Crippen MR) is 92.3 cm³/mol. The summed E-state index contributed by atoms with van der Waals surface area (Å²) in [4.78, 5) is 11.9. The number of hydrogen-bond donors (Lipinski definition) is 1. The smallest absolute Gasteiger partial charge is 0.258 e. The molecule has 1 heterocycles. The maximum atomic E-state index is 11.9. The van der Waals surface area contributed by atoms with Crippen LogP contribution in [0.15, 0.2) is 65.2 Å². The summed E-state index contributed by atoms with van der Waals surface area (Å²) in [5, 5.41) is 6.74. The van der Waals surface area contributed by atoms with Gasteiger partial charge in [0.15, 0.2) is 12.4 Å². The lowest BCUT2D eigenvalue weighted by atomic mass is 10.1. The van der Waals surface area contributed by atoms with Crippen LogP contribution < -0.4 is 14.8 Å². The Morgan fingerprint density at radius 3 is 2.52 bits per heavy atom. The van der Waals surface area contributed by atoms with Gasteiger partial charge in [-0.15, -0.1) is 0 Å². The van der Waals surface area contributed by atoms with Crippen molar-refractivity contribution in [2.75, 3.05) is 13.7 Å². The van der Waals surface area contributed by atoms with E-state index in [1.165, 1.54) is 0 Å². The Labute approximate surface area is 145 Å². The monoisotopic (exact) mass is 338 g/mol. The van der Waals surface area contributed by atoms with Crippen molar-refractivity contribution in [2.24, 2.45) is 0 Å². The van der Waals surface area contributed by atoms with E-state index < -0.39 is 0 Å². The van der Waals surface area contributed by atoms with Crippen molar-refractivity contribution in [3.8, 4) is 22.8 Å². The summed E-state index contributed by atoms with van der Waals surface area (Å²) in [6, 6.07) is 18.5. The van der Waals surface area contributed by atoms with Gasteiger partial charge in [0.1, 0.15) is 17.2 Å². The van der Waals surface area contributed by atoms with Gasteiger partial charge in [-0.2, -0.15) is 0 Å². The van der Waals surface area contributed by atoms with E-state index in [-0.39, 0.29) is 19.1 Å². The van der Waals surface area contributed by atoms with Gasteiger partial charge in [-0.25, -0.2) is 0 Å². The summed E-state index contributed by atoms with van der Waals surface area (Å²) in [5.41, 5.74) is 1.70. The van der Waals surface area contributed by atoms with Crippen molar-refractivity contribution >= 4 is 5.91 Å². The topological polar surface area (TPSA) is 73.6 Å². The van der Waals surface area contributed by atoms with Crippen LogP contribution in [0.5, 0.6) is 11.5 Å². The van der Waals surface area contributed by atoms with E-state index in [1.807, 2.05) is 30.3 Å². The van der Waals surface area contributed by atoms with Crippen LogP contribution in [0.25, 0.3) is 11.3 Å². The van der Waals surface area contributed by atoms with Gasteiger partial charge in [0.05, 0.1) is 13.7 Å². The van der Waals surface area contributed by atoms with Crippen LogP contribution in [0, 0.1) is 0 Å². The van der Waals surface area contributed by atoms with Gasteiger partial charge in [0, 0.05) is 11.6 Å². The average Bonchev–Trinajstić information content (AvgIpc) is 3.15. The second kappa shape index (κ2) is 8.01. The molecule has 0 bridgehead atoms. The van der Waals surface area contributed by atoms with Gasteiger partial charge in [0.25, 0.3) is 5.91 Å². The fourth-order valence-electron chi connectivity index (χ4n) is 2.20. The molecule has 0 aliphatic rings. The van der Waals surface area contributed by atoms with Gasteiger partial charge in [-0.1, -0.05) is 35.5 Å². The van der Waals surface area contributed by atoms with Gasteiger partial charge in [-0.3, -0.25) is 4.79 Å². The lowest BCUT2D eigenvalue weighted by Gasteiger charge is -2.07. The Bertz CT molecular complexity index is 813. The molecule has 25 heavy (non-hydrogen) atoms. The zero-order valence-corrected chi connectivity index (χ0v) is 13.8. The second-order valence-electron chi connectivity index (χ2n) is 5.29. The molecule has 0 spiro atoms. The molecule has 0 aliphatic carbocycles. The summed E-state index contributed by atoms with van der Waals surface area (Å²) in [7, 11) is 1.59. The van der Waals surface area contributed by atoms with E-state index in [9.17, 15) is 4.79 Å². The molecule has 0 fully saturated rings. The Morgan fingerprint density at radius 1 is 1.08 bits per heavy atom. The molecule has 0 saturated carbocycles. The first-order valence-electron chi connectivity index (χ1n) is 7.79. The zero-order valence-electron chi connectivity index (χ0n) is 13.8. The van der Waals surface area contributed by atoms with Crippen molar-refractivity contribution in [1.29, 1.82) is 0 Å². The number of nitrogens with zero attached hydrogens (tertiary/aromatic N) is 1. The number of nitrogens with one attached hydrogen (secondary N) is 1. The molecule has 0 atom stereocenters. The van der Waals surface area contributed by atoms with Gasteiger partial charge in [-0.05, 0) is 24.3 Å². The molecule has 128 valence electrons. The molecule has 0 radical (unpaired) electrons. The van der Waals surface area contributed by atoms with Crippen molar-refractivity contribution in [1.82, 2.24) is 10.5 Å². The second-order valence-corrected chi connectivity index (χ2v) is 5.29. The Kier molecular flexibility index (Phi) is 5.31. The van der Waals surface area contributed by atoms with Crippen LogP contribution in [-0.2, 0) is 11.3 Å². The molecule has 3 aromatic rings. The normalized spacial score (nSPS) is 10.3. The van der Waals surface area contributed by atoms with Gasteiger partial charge in [0.2, 0.25) is 0 Å². The number of aromatic nitrogens is 1. The molecular formula is C19H18N2O4. The van der Waals surface area contributed by atoms with E-state index in [2.05, 4.69) is 10.5 Å². The number of carbonyl (C=O) groups is 1. The van der Waals surface area contributed by atoms with E-state index in [4.69, 9.17) is 14.0 Å². The summed E-state index contributed by atoms with van der Waals surface area (Å²) in [6.45, 7) is 0.177. The van der Waals surface area contributed by atoms with E-state index in [0.29, 0.717) is 11.5 Å². The van der Waals surface area contributed by atoms with Crippen LogP contribution in [-0.4, -0.2) is 24.8 Å². The van der Waals surface area contributed by atoms with Crippen molar-refractivity contribution in [3.63, 3.8) is 0 Å². The van der Waals surface area contributed by atoms with Gasteiger partial charge < -0.3 is 19.3 Å². The third-order valence-electron chi connectivity index (χ3n) is 3.52. The maximum absolute atomic E-state index is 11.9. The van der Waals surface area contributed by atoms with Crippen LogP contribution >= 0.6 is 0 Å². The number of benzene rings is 2. The molecule has 0 unspecified atom stereocenters. The molecule has 6 heteroatoms. The highest BCUT2D eigenvalue weighted by Gasteiger charge is 2.08. The number of rotatable bonds is 7. The third kappa shape index (κ3) is 4.60. The number of ether oxygens (including phenoxy) is 2. The van der Waals surface area contributed by atoms with Crippen molar-refractivity contribution in [3.05, 3.63) is 66.4 Å². The third-order valence-corrected chi connectivity index (χ3v) is 3.52. The van der Waals surface area contributed by atoms with E-state index >= 15 is 0 Å². The predicted octanol–water partition coefficient (Wildman–Crippen LogP) is 3.05. The number of hydrogen-bond acceptors (Lipinski definition) is 5.